The third-order valence-corrected chi connectivity index (χ3v) is 4.60. The van der Waals surface area contributed by atoms with Crippen LogP contribution in [0.2, 0.25) is 0 Å². The topological polar surface area (TPSA) is 9.23 Å². The van der Waals surface area contributed by atoms with E-state index in [-0.39, 0.29) is 0 Å². The quantitative estimate of drug-likeness (QED) is 0.657. The molecule has 0 aromatic heterocycles. The lowest BCUT2D eigenvalue weighted by molar-refractivity contribution is 0.405. The van der Waals surface area contributed by atoms with Crippen molar-refractivity contribution in [2.45, 2.75) is 12.8 Å². The van der Waals surface area contributed by atoms with E-state index in [1.807, 2.05) is 24.3 Å². The predicted molar refractivity (Wildman–Crippen MR) is 88.8 cm³/mol. The van der Waals surface area contributed by atoms with Crippen molar-refractivity contribution in [3.63, 3.8) is 0 Å². The molecule has 2 rings (SSSR count). The second-order valence-corrected chi connectivity index (χ2v) is 5.99. The Morgan fingerprint density at radius 2 is 1.60 bits per heavy atom. The minimum atomic E-state index is 0.395. The van der Waals surface area contributed by atoms with Gasteiger partial charge in [-0.15, -0.1) is 11.6 Å². The number of benzene rings is 2. The lowest BCUT2D eigenvalue weighted by Crippen LogP contribution is -2.11. The number of para-hydroxylation sites is 1. The third-order valence-electron chi connectivity index (χ3n) is 3.39. The molecule has 0 fully saturated rings. The Labute approximate surface area is 134 Å². The smallest absolute Gasteiger partial charge is 0.122 e. The molecule has 106 valence electrons. The lowest BCUT2D eigenvalue weighted by atomic mass is 9.93. The molecule has 0 saturated heterocycles. The third kappa shape index (κ3) is 4.00. The van der Waals surface area contributed by atoms with E-state index in [0.717, 1.165) is 23.1 Å². The van der Waals surface area contributed by atoms with Gasteiger partial charge in [-0.3, -0.25) is 0 Å². The summed E-state index contributed by atoms with van der Waals surface area (Å²) in [5.74, 6) is 1.97. The van der Waals surface area contributed by atoms with Gasteiger partial charge in [0.15, 0.2) is 0 Å². The van der Waals surface area contributed by atoms with E-state index in [1.54, 1.807) is 7.11 Å². The van der Waals surface area contributed by atoms with Crippen LogP contribution in [0.25, 0.3) is 0 Å². The number of halogens is 2. The van der Waals surface area contributed by atoms with Crippen LogP contribution < -0.4 is 4.74 Å². The van der Waals surface area contributed by atoms with Gasteiger partial charge in [0.1, 0.15) is 5.75 Å². The fraction of sp³-hybridized carbons (Fsp3) is 0.294. The summed E-state index contributed by atoms with van der Waals surface area (Å²) in [6.45, 7) is 0. The summed E-state index contributed by atoms with van der Waals surface area (Å²) in [6.07, 6.45) is 1.89. The molecule has 0 amide bonds. The molecule has 0 spiro atoms. The van der Waals surface area contributed by atoms with Gasteiger partial charge in [0.25, 0.3) is 0 Å². The van der Waals surface area contributed by atoms with Gasteiger partial charge in [-0.1, -0.05) is 52.3 Å². The fourth-order valence-electron chi connectivity index (χ4n) is 2.34. The Morgan fingerprint density at radius 3 is 2.25 bits per heavy atom. The zero-order valence-electron chi connectivity index (χ0n) is 11.5. The number of rotatable bonds is 6. The highest BCUT2D eigenvalue weighted by atomic mass is 79.9. The second kappa shape index (κ2) is 7.70. The van der Waals surface area contributed by atoms with Crippen molar-refractivity contribution in [3.05, 3.63) is 64.1 Å². The summed E-state index contributed by atoms with van der Waals surface area (Å²) < 4.78 is 6.56. The van der Waals surface area contributed by atoms with Crippen LogP contribution in [0.1, 0.15) is 11.1 Å². The van der Waals surface area contributed by atoms with Gasteiger partial charge < -0.3 is 4.74 Å². The normalized spacial score (nSPS) is 12.2. The van der Waals surface area contributed by atoms with E-state index in [4.69, 9.17) is 16.3 Å². The second-order valence-electron chi connectivity index (χ2n) is 4.83. The predicted octanol–water partition coefficient (Wildman–Crippen LogP) is 5.10. The number of hydrogen-bond acceptors (Lipinski definition) is 1. The first-order valence-electron chi connectivity index (χ1n) is 6.66. The molecule has 0 aliphatic carbocycles. The lowest BCUT2D eigenvalue weighted by Gasteiger charge is -2.17. The summed E-state index contributed by atoms with van der Waals surface area (Å²) in [7, 11) is 1.71. The Bertz CT molecular complexity index is 556. The molecule has 2 aromatic carbocycles. The highest BCUT2D eigenvalue weighted by molar-refractivity contribution is 9.10. The first kappa shape index (κ1) is 15.4. The molecule has 0 saturated carbocycles. The van der Waals surface area contributed by atoms with Crippen molar-refractivity contribution in [1.29, 1.82) is 0 Å². The molecule has 0 aliphatic heterocycles. The molecule has 1 unspecified atom stereocenters. The summed E-state index contributed by atoms with van der Waals surface area (Å²) in [4.78, 5) is 0. The summed E-state index contributed by atoms with van der Waals surface area (Å²) in [5.41, 5.74) is 2.51. The van der Waals surface area contributed by atoms with Crippen molar-refractivity contribution in [1.82, 2.24) is 0 Å². The zero-order chi connectivity index (χ0) is 14.4. The monoisotopic (exact) mass is 352 g/mol. The number of alkyl halides is 1. The summed E-state index contributed by atoms with van der Waals surface area (Å²) in [6, 6.07) is 16.5. The Hall–Kier alpha value is -0.990. The highest BCUT2D eigenvalue weighted by Crippen LogP contribution is 2.26. The van der Waals surface area contributed by atoms with E-state index in [0.29, 0.717) is 11.8 Å². The van der Waals surface area contributed by atoms with Gasteiger partial charge in [0, 0.05) is 10.4 Å². The standard InChI is InChI=1S/C17H18BrClO/c1-20-17-9-5-3-7-15(17)11-13(12-19)10-14-6-2-4-8-16(14)18/h2-9,13H,10-12H2,1H3. The van der Waals surface area contributed by atoms with Gasteiger partial charge in [-0.25, -0.2) is 0 Å². The molecule has 0 aliphatic rings. The van der Waals surface area contributed by atoms with Crippen molar-refractivity contribution in [3.8, 4) is 5.75 Å². The average Bonchev–Trinajstić information content (AvgIpc) is 2.49. The molecular weight excluding hydrogens is 336 g/mol. The molecule has 3 heteroatoms. The largest absolute Gasteiger partial charge is 0.496 e. The molecule has 0 N–H and O–H groups in total. The van der Waals surface area contributed by atoms with E-state index >= 15 is 0 Å². The van der Waals surface area contributed by atoms with Crippen molar-refractivity contribution < 1.29 is 4.74 Å². The van der Waals surface area contributed by atoms with Crippen molar-refractivity contribution in [2.24, 2.45) is 5.92 Å². The van der Waals surface area contributed by atoms with Gasteiger partial charge in [0.05, 0.1) is 7.11 Å². The summed E-state index contributed by atoms with van der Waals surface area (Å²) >= 11 is 9.76. The van der Waals surface area contributed by atoms with Crippen LogP contribution in [-0.4, -0.2) is 13.0 Å². The first-order chi connectivity index (χ1) is 9.74. The number of ether oxygens (including phenoxy) is 1. The van der Waals surface area contributed by atoms with E-state index in [9.17, 15) is 0 Å². The molecule has 1 atom stereocenters. The Kier molecular flexibility index (Phi) is 5.93. The molecular formula is C17H18BrClO. The molecule has 0 bridgehead atoms. The zero-order valence-corrected chi connectivity index (χ0v) is 13.8. The highest BCUT2D eigenvalue weighted by Gasteiger charge is 2.13. The van der Waals surface area contributed by atoms with Crippen LogP contribution in [0.3, 0.4) is 0 Å². The maximum Gasteiger partial charge on any atom is 0.122 e. The van der Waals surface area contributed by atoms with Crippen LogP contribution in [0.15, 0.2) is 53.0 Å². The van der Waals surface area contributed by atoms with Crippen molar-refractivity contribution >= 4 is 27.5 Å². The van der Waals surface area contributed by atoms with Crippen molar-refractivity contribution in [2.75, 3.05) is 13.0 Å². The molecule has 20 heavy (non-hydrogen) atoms. The van der Waals surface area contributed by atoms with Crippen LogP contribution in [0, 0.1) is 5.92 Å². The van der Waals surface area contributed by atoms with Crippen LogP contribution in [0.5, 0.6) is 5.75 Å². The molecule has 0 radical (unpaired) electrons. The molecule has 0 heterocycles. The Morgan fingerprint density at radius 1 is 1.00 bits per heavy atom. The Balaban J connectivity index is 2.11. The number of methoxy groups -OCH3 is 1. The summed E-state index contributed by atoms with van der Waals surface area (Å²) in [5, 5.41) is 0. The molecule has 2 aromatic rings. The maximum absolute atomic E-state index is 6.16. The maximum atomic E-state index is 6.16. The average molecular weight is 354 g/mol. The first-order valence-corrected chi connectivity index (χ1v) is 7.98. The fourth-order valence-corrected chi connectivity index (χ4v) is 3.00. The number of hydrogen-bond donors (Lipinski definition) is 0. The minimum absolute atomic E-state index is 0.395. The van der Waals surface area contributed by atoms with Crippen LogP contribution in [-0.2, 0) is 12.8 Å². The van der Waals surface area contributed by atoms with Crippen LogP contribution >= 0.6 is 27.5 Å². The van der Waals surface area contributed by atoms with Gasteiger partial charge in [0.2, 0.25) is 0 Å². The van der Waals surface area contributed by atoms with E-state index in [2.05, 4.69) is 40.2 Å². The van der Waals surface area contributed by atoms with Gasteiger partial charge >= 0.3 is 0 Å². The minimum Gasteiger partial charge on any atom is -0.496 e. The van der Waals surface area contributed by atoms with E-state index in [1.165, 1.54) is 11.1 Å². The molecule has 1 nitrogen and oxygen atoms in total. The van der Waals surface area contributed by atoms with E-state index < -0.39 is 0 Å². The van der Waals surface area contributed by atoms with Gasteiger partial charge in [-0.05, 0) is 42.0 Å². The SMILES string of the molecule is COc1ccccc1CC(CCl)Cc1ccccc1Br. The van der Waals surface area contributed by atoms with Crippen LogP contribution in [0.4, 0.5) is 0 Å². The van der Waals surface area contributed by atoms with Gasteiger partial charge in [-0.2, -0.15) is 0 Å².